The van der Waals surface area contributed by atoms with Crippen LogP contribution in [-0.4, -0.2) is 40.2 Å². The molecule has 0 spiro atoms. The Bertz CT molecular complexity index is 558. The molecule has 1 fully saturated rings. The van der Waals surface area contributed by atoms with E-state index in [0.717, 1.165) is 29.9 Å². The number of urea groups is 1. The number of fused-ring (bicyclic) bond motifs is 1. The Morgan fingerprint density at radius 2 is 1.94 bits per heavy atom. The van der Waals surface area contributed by atoms with Crippen LogP contribution in [0.2, 0.25) is 0 Å². The highest BCUT2D eigenvalue weighted by molar-refractivity contribution is 6.17. The highest BCUT2D eigenvalue weighted by Gasteiger charge is 2.53. The second-order valence-corrected chi connectivity index (χ2v) is 4.69. The summed E-state index contributed by atoms with van der Waals surface area (Å²) in [5.41, 5.74) is 0.195. The first kappa shape index (κ1) is 11.3. The molecule has 0 aromatic rings. The Morgan fingerprint density at radius 1 is 1.28 bits per heavy atom. The van der Waals surface area contributed by atoms with Crippen LogP contribution in [0.1, 0.15) is 12.8 Å². The molecule has 0 saturated heterocycles. The molecule has 0 N–H and O–H groups in total. The average Bonchev–Trinajstić information content (AvgIpc) is 3.14. The van der Waals surface area contributed by atoms with Crippen LogP contribution in [0.3, 0.4) is 0 Å². The van der Waals surface area contributed by atoms with Gasteiger partial charge in [-0.1, -0.05) is 0 Å². The Hall–Kier alpha value is -1.85. The number of imide groups is 1. The number of halogens is 2. The molecule has 1 unspecified atom stereocenters. The number of allylic oxidation sites excluding steroid dienone is 3. The van der Waals surface area contributed by atoms with E-state index in [1.54, 1.807) is 0 Å². The lowest BCUT2D eigenvalue weighted by Gasteiger charge is -2.25. The molecule has 0 bridgehead atoms. The summed E-state index contributed by atoms with van der Waals surface area (Å²) in [6.07, 6.45) is 3.42. The van der Waals surface area contributed by atoms with Crippen molar-refractivity contribution >= 4 is 17.6 Å². The van der Waals surface area contributed by atoms with E-state index in [2.05, 4.69) is 0 Å². The Kier molecular flexibility index (Phi) is 2.23. The molecule has 6 heteroatoms. The van der Waals surface area contributed by atoms with Crippen LogP contribution >= 0.6 is 0 Å². The molecule has 0 aromatic carbocycles. The minimum atomic E-state index is -1.05. The normalized spacial score (nSPS) is 28.2. The van der Waals surface area contributed by atoms with Crippen molar-refractivity contribution in [2.45, 2.75) is 18.9 Å². The third kappa shape index (κ3) is 1.45. The molecular formula is C12H11F2N2O2+. The fraction of sp³-hybridized carbons (Fsp3) is 0.417. The van der Waals surface area contributed by atoms with Crippen molar-refractivity contribution in [2.24, 2.45) is 5.92 Å². The second kappa shape index (κ2) is 3.57. The van der Waals surface area contributed by atoms with Gasteiger partial charge < -0.3 is 0 Å². The van der Waals surface area contributed by atoms with Gasteiger partial charge in [-0.15, -0.1) is 0 Å². The summed E-state index contributed by atoms with van der Waals surface area (Å²) in [6.45, 7) is 0. The Labute approximate surface area is 102 Å². The first-order valence-corrected chi connectivity index (χ1v) is 5.73. The van der Waals surface area contributed by atoms with Gasteiger partial charge in [-0.05, 0) is 18.9 Å². The standard InChI is InChI=1S/C12H11F2N2O2/c1-15-10-5-9(14)8(13)4-7(10)11(17)16(12(15)18)6-2-3-6/h4-7H,2-3H2,1H3/q+1. The summed E-state index contributed by atoms with van der Waals surface area (Å²) in [5, 5.41) is 0. The van der Waals surface area contributed by atoms with Crippen molar-refractivity contribution < 1.29 is 22.9 Å². The van der Waals surface area contributed by atoms with Crippen LogP contribution in [0.25, 0.3) is 0 Å². The smallest absolute Gasteiger partial charge is 0.245 e. The third-order valence-corrected chi connectivity index (χ3v) is 3.43. The molecule has 1 saturated carbocycles. The fourth-order valence-corrected chi connectivity index (χ4v) is 2.29. The lowest BCUT2D eigenvalue weighted by atomic mass is 9.93. The van der Waals surface area contributed by atoms with Crippen LogP contribution in [0, 0.1) is 5.92 Å². The van der Waals surface area contributed by atoms with E-state index >= 15 is 0 Å². The van der Waals surface area contributed by atoms with E-state index in [9.17, 15) is 18.4 Å². The van der Waals surface area contributed by atoms with Gasteiger partial charge >= 0.3 is 11.9 Å². The molecule has 3 rings (SSSR count). The molecule has 0 aromatic heterocycles. The summed E-state index contributed by atoms with van der Waals surface area (Å²) < 4.78 is 27.6. The van der Waals surface area contributed by atoms with E-state index in [4.69, 9.17) is 0 Å². The predicted octanol–water partition coefficient (Wildman–Crippen LogP) is 1.53. The SMILES string of the molecule is C[N+]1=C2C=C(F)C(F)=CC2C(=O)N(C2CC2)C1=O. The molecule has 3 amide bonds. The maximum absolute atomic E-state index is 13.2. The summed E-state index contributed by atoms with van der Waals surface area (Å²) in [7, 11) is 1.47. The minimum absolute atomic E-state index is 0.0822. The summed E-state index contributed by atoms with van der Waals surface area (Å²) in [5.74, 6) is -3.45. The number of nitrogens with zero attached hydrogens (tertiary/aromatic N) is 2. The Morgan fingerprint density at radius 3 is 2.56 bits per heavy atom. The Balaban J connectivity index is 2.11. The number of hydrogen-bond donors (Lipinski definition) is 0. The van der Waals surface area contributed by atoms with Crippen molar-refractivity contribution in [3.05, 3.63) is 23.8 Å². The van der Waals surface area contributed by atoms with Crippen molar-refractivity contribution in [1.29, 1.82) is 0 Å². The molecule has 1 aliphatic heterocycles. The van der Waals surface area contributed by atoms with Crippen molar-refractivity contribution in [2.75, 3.05) is 7.05 Å². The molecule has 4 nitrogen and oxygen atoms in total. The highest BCUT2D eigenvalue weighted by Crippen LogP contribution is 2.33. The van der Waals surface area contributed by atoms with Crippen LogP contribution in [0.4, 0.5) is 13.6 Å². The van der Waals surface area contributed by atoms with Gasteiger partial charge in [-0.3, -0.25) is 0 Å². The summed E-state index contributed by atoms with van der Waals surface area (Å²) in [6, 6.07) is -0.547. The van der Waals surface area contributed by atoms with Gasteiger partial charge in [0.25, 0.3) is 0 Å². The number of hydrogen-bond acceptors (Lipinski definition) is 2. The van der Waals surface area contributed by atoms with E-state index in [1.165, 1.54) is 11.6 Å². The lowest BCUT2D eigenvalue weighted by molar-refractivity contribution is -0.406. The van der Waals surface area contributed by atoms with Gasteiger partial charge in [-0.2, -0.15) is 14.3 Å². The summed E-state index contributed by atoms with van der Waals surface area (Å²) >= 11 is 0. The number of carbonyl (C=O) groups excluding carboxylic acids is 2. The van der Waals surface area contributed by atoms with Gasteiger partial charge in [0.15, 0.2) is 11.7 Å². The molecule has 94 valence electrons. The third-order valence-electron chi connectivity index (χ3n) is 3.43. The molecule has 18 heavy (non-hydrogen) atoms. The van der Waals surface area contributed by atoms with Crippen molar-refractivity contribution in [3.63, 3.8) is 0 Å². The average molecular weight is 253 g/mol. The second-order valence-electron chi connectivity index (χ2n) is 4.69. The number of amides is 3. The van der Waals surface area contributed by atoms with Crippen LogP contribution in [-0.2, 0) is 4.79 Å². The predicted molar refractivity (Wildman–Crippen MR) is 58.3 cm³/mol. The molecule has 3 aliphatic rings. The van der Waals surface area contributed by atoms with E-state index in [0.29, 0.717) is 0 Å². The van der Waals surface area contributed by atoms with Crippen molar-refractivity contribution in [3.8, 4) is 0 Å². The first-order chi connectivity index (χ1) is 8.50. The lowest BCUT2D eigenvalue weighted by Crippen LogP contribution is -2.54. The van der Waals surface area contributed by atoms with Crippen LogP contribution in [0.5, 0.6) is 0 Å². The molecule has 0 radical (unpaired) electrons. The van der Waals surface area contributed by atoms with Gasteiger partial charge in [-0.25, -0.2) is 13.6 Å². The monoisotopic (exact) mass is 253 g/mol. The maximum Gasteiger partial charge on any atom is 0.500 e. The van der Waals surface area contributed by atoms with Gasteiger partial charge in [0.1, 0.15) is 17.7 Å². The van der Waals surface area contributed by atoms with E-state index in [-0.39, 0.29) is 11.8 Å². The van der Waals surface area contributed by atoms with Crippen LogP contribution < -0.4 is 0 Å². The van der Waals surface area contributed by atoms with Crippen LogP contribution in [0.15, 0.2) is 23.8 Å². The summed E-state index contributed by atoms with van der Waals surface area (Å²) in [4.78, 5) is 25.3. The van der Waals surface area contributed by atoms with Gasteiger partial charge in [0, 0.05) is 6.08 Å². The largest absolute Gasteiger partial charge is 0.500 e. The zero-order valence-electron chi connectivity index (χ0n) is 9.69. The zero-order valence-corrected chi connectivity index (χ0v) is 9.69. The topological polar surface area (TPSA) is 40.4 Å². The van der Waals surface area contributed by atoms with E-state index < -0.39 is 29.5 Å². The molecule has 1 atom stereocenters. The molecule has 2 aliphatic carbocycles. The quantitative estimate of drug-likeness (QED) is 0.665. The molecular weight excluding hydrogens is 242 g/mol. The van der Waals surface area contributed by atoms with Gasteiger partial charge in [0.2, 0.25) is 0 Å². The zero-order chi connectivity index (χ0) is 13.0. The van der Waals surface area contributed by atoms with Crippen molar-refractivity contribution in [1.82, 2.24) is 4.90 Å². The molecule has 1 heterocycles. The number of rotatable bonds is 1. The van der Waals surface area contributed by atoms with Gasteiger partial charge in [0.05, 0.1) is 7.05 Å². The first-order valence-electron chi connectivity index (χ1n) is 5.73. The minimum Gasteiger partial charge on any atom is -0.245 e. The highest BCUT2D eigenvalue weighted by atomic mass is 19.2. The maximum atomic E-state index is 13.2. The fourth-order valence-electron chi connectivity index (χ4n) is 2.29. The van der Waals surface area contributed by atoms with E-state index in [1.807, 2.05) is 0 Å². The number of carbonyl (C=O) groups is 2.